The van der Waals surface area contributed by atoms with Gasteiger partial charge in [0.1, 0.15) is 0 Å². The zero-order valence-corrected chi connectivity index (χ0v) is 8.39. The van der Waals surface area contributed by atoms with Crippen molar-refractivity contribution in [2.24, 2.45) is 0 Å². The highest BCUT2D eigenvalue weighted by molar-refractivity contribution is 5.86. The molecule has 0 bridgehead atoms. The van der Waals surface area contributed by atoms with Crippen molar-refractivity contribution in [1.82, 2.24) is 0 Å². The van der Waals surface area contributed by atoms with Gasteiger partial charge in [-0.1, -0.05) is 13.5 Å². The van der Waals surface area contributed by atoms with Crippen LogP contribution in [0.3, 0.4) is 0 Å². The molecular formula is C7H14Cl2O2. The van der Waals surface area contributed by atoms with Gasteiger partial charge in [0, 0.05) is 5.57 Å². The number of rotatable bonds is 3. The van der Waals surface area contributed by atoms with E-state index in [1.807, 2.05) is 6.92 Å². The van der Waals surface area contributed by atoms with Gasteiger partial charge in [0.25, 0.3) is 0 Å². The fourth-order valence-corrected chi connectivity index (χ4v) is 0.318. The van der Waals surface area contributed by atoms with Gasteiger partial charge in [-0.05, 0) is 13.3 Å². The average molecular weight is 201 g/mol. The second-order valence-electron chi connectivity index (χ2n) is 1.92. The van der Waals surface area contributed by atoms with Gasteiger partial charge in [-0.25, -0.2) is 4.79 Å². The number of hydrogen-bond donors (Lipinski definition) is 0. The third kappa shape index (κ3) is 9.79. The highest BCUT2D eigenvalue weighted by atomic mass is 35.5. The van der Waals surface area contributed by atoms with Crippen LogP contribution in [0, 0.1) is 0 Å². The van der Waals surface area contributed by atoms with E-state index in [1.54, 1.807) is 6.92 Å². The minimum Gasteiger partial charge on any atom is -0.462 e. The first kappa shape index (κ1) is 17.0. The number of carbonyl (C=O) groups excluding carboxylic acids is 1. The van der Waals surface area contributed by atoms with Crippen LogP contribution in [0.2, 0.25) is 0 Å². The quantitative estimate of drug-likeness (QED) is 0.517. The maximum absolute atomic E-state index is 10.6. The third-order valence-corrected chi connectivity index (χ3v) is 0.786. The molecule has 0 unspecified atom stereocenters. The van der Waals surface area contributed by atoms with Crippen molar-refractivity contribution in [3.8, 4) is 0 Å². The molecule has 0 saturated heterocycles. The Kier molecular flexibility index (Phi) is 15.2. The zero-order valence-electron chi connectivity index (χ0n) is 6.75. The van der Waals surface area contributed by atoms with Crippen LogP contribution in [-0.4, -0.2) is 12.6 Å². The molecular weight excluding hydrogens is 187 g/mol. The van der Waals surface area contributed by atoms with Crippen LogP contribution < -0.4 is 0 Å². The SMILES string of the molecule is C=C(C)C(=O)OCCC.Cl.Cl. The van der Waals surface area contributed by atoms with Gasteiger partial charge >= 0.3 is 5.97 Å². The molecule has 2 nitrogen and oxygen atoms in total. The van der Waals surface area contributed by atoms with Gasteiger partial charge in [-0.2, -0.15) is 0 Å². The average Bonchev–Trinajstić information content (AvgIpc) is 1.82. The predicted octanol–water partition coefficient (Wildman–Crippen LogP) is 2.36. The minimum absolute atomic E-state index is 0. The first-order valence-electron chi connectivity index (χ1n) is 3.01. The predicted molar refractivity (Wildman–Crippen MR) is 50.6 cm³/mol. The van der Waals surface area contributed by atoms with Crippen molar-refractivity contribution < 1.29 is 9.53 Å². The first-order chi connectivity index (χ1) is 4.18. The van der Waals surface area contributed by atoms with Gasteiger partial charge < -0.3 is 4.74 Å². The molecule has 0 N–H and O–H groups in total. The van der Waals surface area contributed by atoms with Crippen molar-refractivity contribution in [3.63, 3.8) is 0 Å². The van der Waals surface area contributed by atoms with E-state index in [9.17, 15) is 4.79 Å². The molecule has 0 fully saturated rings. The number of hydrogen-bond acceptors (Lipinski definition) is 2. The summed E-state index contributed by atoms with van der Waals surface area (Å²) in [4.78, 5) is 10.6. The Morgan fingerprint density at radius 2 is 1.91 bits per heavy atom. The molecule has 0 atom stereocenters. The summed E-state index contributed by atoms with van der Waals surface area (Å²) in [7, 11) is 0. The minimum atomic E-state index is -0.295. The smallest absolute Gasteiger partial charge is 0.333 e. The molecule has 0 aliphatic rings. The zero-order chi connectivity index (χ0) is 7.28. The van der Waals surface area contributed by atoms with Crippen LogP contribution in [0.1, 0.15) is 20.3 Å². The lowest BCUT2D eigenvalue weighted by atomic mass is 10.4. The molecule has 0 aromatic rings. The van der Waals surface area contributed by atoms with Crippen LogP contribution in [-0.2, 0) is 9.53 Å². The number of carbonyl (C=O) groups is 1. The number of ether oxygens (including phenoxy) is 1. The van der Waals surface area contributed by atoms with Crippen molar-refractivity contribution in [2.45, 2.75) is 20.3 Å². The Morgan fingerprint density at radius 1 is 1.45 bits per heavy atom. The molecule has 68 valence electrons. The Hall–Kier alpha value is -0.210. The van der Waals surface area contributed by atoms with Crippen molar-refractivity contribution in [1.29, 1.82) is 0 Å². The second-order valence-corrected chi connectivity index (χ2v) is 1.92. The Bertz CT molecular complexity index is 124. The van der Waals surface area contributed by atoms with Crippen LogP contribution in [0.15, 0.2) is 12.2 Å². The molecule has 0 heterocycles. The lowest BCUT2D eigenvalue weighted by molar-refractivity contribution is -0.138. The van der Waals surface area contributed by atoms with Crippen molar-refractivity contribution >= 4 is 30.8 Å². The van der Waals surface area contributed by atoms with E-state index in [0.29, 0.717) is 12.2 Å². The Labute approximate surface area is 79.8 Å². The van der Waals surface area contributed by atoms with E-state index in [1.165, 1.54) is 0 Å². The summed E-state index contributed by atoms with van der Waals surface area (Å²) in [6.45, 7) is 7.51. The molecule has 11 heavy (non-hydrogen) atoms. The van der Waals surface area contributed by atoms with Crippen molar-refractivity contribution in [3.05, 3.63) is 12.2 Å². The van der Waals surface area contributed by atoms with Crippen LogP contribution >= 0.6 is 24.8 Å². The summed E-state index contributed by atoms with van der Waals surface area (Å²) in [6.07, 6.45) is 0.860. The fraction of sp³-hybridized carbons (Fsp3) is 0.571. The van der Waals surface area contributed by atoms with Crippen LogP contribution in [0.4, 0.5) is 0 Å². The topological polar surface area (TPSA) is 26.3 Å². The Morgan fingerprint density at radius 3 is 2.18 bits per heavy atom. The third-order valence-electron chi connectivity index (χ3n) is 0.786. The lowest BCUT2D eigenvalue weighted by Crippen LogP contribution is -2.04. The number of esters is 1. The summed E-state index contributed by atoms with van der Waals surface area (Å²) in [5.41, 5.74) is 0.462. The molecule has 0 rings (SSSR count). The van der Waals surface area contributed by atoms with E-state index < -0.39 is 0 Å². The van der Waals surface area contributed by atoms with Gasteiger partial charge in [0.05, 0.1) is 6.61 Å². The van der Waals surface area contributed by atoms with Gasteiger partial charge in [-0.15, -0.1) is 24.8 Å². The van der Waals surface area contributed by atoms with Gasteiger partial charge in [0.2, 0.25) is 0 Å². The summed E-state index contributed by atoms with van der Waals surface area (Å²) >= 11 is 0. The second kappa shape index (κ2) is 9.79. The molecule has 4 heteroatoms. The van der Waals surface area contributed by atoms with E-state index in [-0.39, 0.29) is 30.8 Å². The van der Waals surface area contributed by atoms with E-state index >= 15 is 0 Å². The summed E-state index contributed by atoms with van der Waals surface area (Å²) in [6, 6.07) is 0. The lowest BCUT2D eigenvalue weighted by Gasteiger charge is -1.99. The highest BCUT2D eigenvalue weighted by Gasteiger charge is 1.99. The normalized spacial score (nSPS) is 7.09. The standard InChI is InChI=1S/C7H12O2.2ClH/c1-4-5-9-7(8)6(2)3;;/h2,4-5H2,1,3H3;2*1H. The maximum Gasteiger partial charge on any atom is 0.333 e. The van der Waals surface area contributed by atoms with E-state index in [0.717, 1.165) is 6.42 Å². The molecule has 0 radical (unpaired) electrons. The summed E-state index contributed by atoms with van der Waals surface area (Å²) in [5, 5.41) is 0. The molecule has 0 saturated carbocycles. The monoisotopic (exact) mass is 200 g/mol. The highest BCUT2D eigenvalue weighted by Crippen LogP contribution is 1.91. The molecule has 0 aliphatic heterocycles. The molecule has 0 aliphatic carbocycles. The first-order valence-corrected chi connectivity index (χ1v) is 3.01. The van der Waals surface area contributed by atoms with E-state index in [2.05, 4.69) is 6.58 Å². The molecule has 0 spiro atoms. The maximum atomic E-state index is 10.6. The fourth-order valence-electron chi connectivity index (χ4n) is 0.318. The van der Waals surface area contributed by atoms with Gasteiger partial charge in [-0.3, -0.25) is 0 Å². The van der Waals surface area contributed by atoms with Crippen LogP contribution in [0.25, 0.3) is 0 Å². The largest absolute Gasteiger partial charge is 0.462 e. The Balaban J connectivity index is -0.000000320. The molecule has 0 aromatic heterocycles. The van der Waals surface area contributed by atoms with Crippen molar-refractivity contribution in [2.75, 3.05) is 6.61 Å². The number of halogens is 2. The van der Waals surface area contributed by atoms with Gasteiger partial charge in [0.15, 0.2) is 0 Å². The summed E-state index contributed by atoms with van der Waals surface area (Å²) < 4.78 is 4.71. The van der Waals surface area contributed by atoms with Crippen LogP contribution in [0.5, 0.6) is 0 Å². The van der Waals surface area contributed by atoms with E-state index in [4.69, 9.17) is 4.74 Å². The molecule has 0 aromatic carbocycles. The summed E-state index contributed by atoms with van der Waals surface area (Å²) in [5.74, 6) is -0.295. The molecule has 0 amide bonds.